The van der Waals surface area contributed by atoms with E-state index in [-0.39, 0.29) is 11.1 Å². The number of nitrogens with one attached hydrogen (secondary N) is 1. The summed E-state index contributed by atoms with van der Waals surface area (Å²) in [7, 11) is -1.76. The van der Waals surface area contributed by atoms with Crippen molar-refractivity contribution in [2.24, 2.45) is 0 Å². The Kier molecular flexibility index (Phi) is 4.72. The molecule has 0 unspecified atom stereocenters. The van der Waals surface area contributed by atoms with Crippen LogP contribution in [0, 0.1) is 0 Å². The summed E-state index contributed by atoms with van der Waals surface area (Å²) in [6.45, 7) is 12.7. The van der Waals surface area contributed by atoms with Crippen LogP contribution in [0.15, 0.2) is 30.3 Å². The molecule has 1 saturated heterocycles. The van der Waals surface area contributed by atoms with Crippen LogP contribution < -0.4 is 5.32 Å². The molecule has 2 rings (SSSR count). The van der Waals surface area contributed by atoms with E-state index in [4.69, 9.17) is 4.43 Å². The Labute approximate surface area is 125 Å². The molecule has 1 aliphatic rings. The molecule has 1 fully saturated rings. The molecular weight excluding hydrogens is 262 g/mol. The van der Waals surface area contributed by atoms with Crippen LogP contribution in [0.1, 0.15) is 45.3 Å². The molecule has 0 spiro atoms. The molecule has 3 heteroatoms. The molecular formula is C17H29NOSi. The fourth-order valence-electron chi connectivity index (χ4n) is 2.49. The molecule has 1 aromatic rings. The van der Waals surface area contributed by atoms with E-state index >= 15 is 0 Å². The first-order valence-electron chi connectivity index (χ1n) is 7.77. The summed E-state index contributed by atoms with van der Waals surface area (Å²) in [4.78, 5) is 0. The fraction of sp³-hybridized carbons (Fsp3) is 0.647. The topological polar surface area (TPSA) is 21.3 Å². The highest BCUT2D eigenvalue weighted by molar-refractivity contribution is 6.74. The van der Waals surface area contributed by atoms with Crippen molar-refractivity contribution in [2.45, 2.75) is 63.9 Å². The minimum Gasteiger partial charge on any atom is -0.408 e. The Hall–Kier alpha value is -0.643. The second kappa shape index (κ2) is 6.00. The van der Waals surface area contributed by atoms with Crippen LogP contribution in [0.2, 0.25) is 18.1 Å². The van der Waals surface area contributed by atoms with Crippen molar-refractivity contribution >= 4 is 8.32 Å². The van der Waals surface area contributed by atoms with Gasteiger partial charge in [-0.15, -0.1) is 0 Å². The normalized spacial score (nSPS) is 21.9. The van der Waals surface area contributed by atoms with E-state index in [1.807, 2.05) is 0 Å². The molecule has 0 saturated carbocycles. The molecule has 0 aromatic heterocycles. The van der Waals surface area contributed by atoms with Crippen molar-refractivity contribution in [1.29, 1.82) is 0 Å². The van der Waals surface area contributed by atoms with E-state index in [0.29, 0.717) is 6.04 Å². The highest BCUT2D eigenvalue weighted by Crippen LogP contribution is 2.41. The van der Waals surface area contributed by atoms with Crippen LogP contribution >= 0.6 is 0 Å². The Balaban J connectivity index is 2.24. The first kappa shape index (κ1) is 15.7. The number of rotatable bonds is 4. The van der Waals surface area contributed by atoms with Gasteiger partial charge in [-0.05, 0) is 43.1 Å². The van der Waals surface area contributed by atoms with Crippen LogP contribution in [-0.2, 0) is 4.43 Å². The minimum atomic E-state index is -1.76. The lowest BCUT2D eigenvalue weighted by atomic mass is 10.0. The molecule has 20 heavy (non-hydrogen) atoms. The molecule has 2 nitrogen and oxygen atoms in total. The molecule has 0 aliphatic carbocycles. The number of hydrogen-bond donors (Lipinski definition) is 1. The molecule has 0 radical (unpaired) electrons. The maximum absolute atomic E-state index is 6.75. The highest BCUT2D eigenvalue weighted by Gasteiger charge is 2.41. The predicted molar refractivity (Wildman–Crippen MR) is 88.5 cm³/mol. The van der Waals surface area contributed by atoms with Crippen LogP contribution in [-0.4, -0.2) is 20.9 Å². The van der Waals surface area contributed by atoms with Gasteiger partial charge in [-0.25, -0.2) is 0 Å². The number of benzene rings is 1. The molecule has 1 aliphatic heterocycles. The third-order valence-electron chi connectivity index (χ3n) is 4.82. The molecule has 2 atom stereocenters. The Bertz CT molecular complexity index is 418. The van der Waals surface area contributed by atoms with E-state index in [1.54, 1.807) is 0 Å². The SMILES string of the molecule is CC(C)(C)[Si](C)(C)O[C@@H](c1ccccc1)[C@@H]1CCCN1. The summed E-state index contributed by atoms with van der Waals surface area (Å²) >= 11 is 0. The monoisotopic (exact) mass is 291 g/mol. The number of hydrogen-bond acceptors (Lipinski definition) is 2. The maximum atomic E-state index is 6.75. The molecule has 112 valence electrons. The van der Waals surface area contributed by atoms with Crippen LogP contribution in [0.4, 0.5) is 0 Å². The van der Waals surface area contributed by atoms with E-state index in [0.717, 1.165) is 6.54 Å². The van der Waals surface area contributed by atoms with Gasteiger partial charge >= 0.3 is 0 Å². The van der Waals surface area contributed by atoms with E-state index < -0.39 is 8.32 Å². The quantitative estimate of drug-likeness (QED) is 0.825. The van der Waals surface area contributed by atoms with Crippen LogP contribution in [0.3, 0.4) is 0 Å². The summed E-state index contributed by atoms with van der Waals surface area (Å²) < 4.78 is 6.75. The van der Waals surface area contributed by atoms with E-state index in [2.05, 4.69) is 69.5 Å². The highest BCUT2D eigenvalue weighted by atomic mass is 28.4. The van der Waals surface area contributed by atoms with Crippen molar-refractivity contribution in [3.05, 3.63) is 35.9 Å². The van der Waals surface area contributed by atoms with Crippen molar-refractivity contribution < 1.29 is 4.43 Å². The zero-order valence-electron chi connectivity index (χ0n) is 13.6. The third kappa shape index (κ3) is 3.51. The standard InChI is InChI=1S/C17H29NOSi/c1-17(2,3)20(4,5)19-16(15-12-9-13-18-15)14-10-7-6-8-11-14/h6-8,10-11,15-16,18H,9,12-13H2,1-5H3/t15-,16-/m0/s1. The van der Waals surface area contributed by atoms with Crippen LogP contribution in [0.5, 0.6) is 0 Å². The maximum Gasteiger partial charge on any atom is 0.192 e. The first-order chi connectivity index (χ1) is 9.31. The van der Waals surface area contributed by atoms with Gasteiger partial charge in [0.25, 0.3) is 0 Å². The van der Waals surface area contributed by atoms with E-state index in [1.165, 1.54) is 18.4 Å². The van der Waals surface area contributed by atoms with Gasteiger partial charge in [0.05, 0.1) is 6.10 Å². The van der Waals surface area contributed by atoms with Crippen molar-refractivity contribution in [3.63, 3.8) is 0 Å². The zero-order valence-corrected chi connectivity index (χ0v) is 14.6. The lowest BCUT2D eigenvalue weighted by Gasteiger charge is -2.41. The van der Waals surface area contributed by atoms with Gasteiger partial charge < -0.3 is 9.74 Å². The average Bonchev–Trinajstić information content (AvgIpc) is 2.89. The molecule has 0 amide bonds. The molecule has 0 bridgehead atoms. The van der Waals surface area contributed by atoms with Crippen molar-refractivity contribution in [1.82, 2.24) is 5.32 Å². The Morgan fingerprint density at radius 3 is 2.35 bits per heavy atom. The largest absolute Gasteiger partial charge is 0.408 e. The van der Waals surface area contributed by atoms with Gasteiger partial charge in [-0.2, -0.15) is 0 Å². The van der Waals surface area contributed by atoms with Crippen molar-refractivity contribution in [2.75, 3.05) is 6.54 Å². The Morgan fingerprint density at radius 1 is 1.20 bits per heavy atom. The lowest BCUT2D eigenvalue weighted by molar-refractivity contribution is 0.145. The fourth-order valence-corrected chi connectivity index (χ4v) is 3.78. The Morgan fingerprint density at radius 2 is 1.85 bits per heavy atom. The summed E-state index contributed by atoms with van der Waals surface area (Å²) in [5.74, 6) is 0. The lowest BCUT2D eigenvalue weighted by Crippen LogP contribution is -2.45. The van der Waals surface area contributed by atoms with Gasteiger partial charge in [-0.3, -0.25) is 0 Å². The van der Waals surface area contributed by atoms with Gasteiger partial charge in [0.2, 0.25) is 0 Å². The predicted octanol–water partition coefficient (Wildman–Crippen LogP) is 4.50. The summed E-state index contributed by atoms with van der Waals surface area (Å²) in [5, 5.41) is 3.88. The summed E-state index contributed by atoms with van der Waals surface area (Å²) in [6.07, 6.45) is 2.67. The molecule has 1 aromatic carbocycles. The second-order valence-electron chi connectivity index (χ2n) is 7.41. The smallest absolute Gasteiger partial charge is 0.192 e. The van der Waals surface area contributed by atoms with Gasteiger partial charge in [0.1, 0.15) is 0 Å². The summed E-state index contributed by atoms with van der Waals surface area (Å²) in [6, 6.07) is 11.2. The zero-order chi connectivity index (χ0) is 14.8. The molecule has 1 N–H and O–H groups in total. The summed E-state index contributed by atoms with van der Waals surface area (Å²) in [5.41, 5.74) is 1.32. The minimum absolute atomic E-state index is 0.194. The van der Waals surface area contributed by atoms with Gasteiger partial charge in [-0.1, -0.05) is 51.1 Å². The van der Waals surface area contributed by atoms with Crippen molar-refractivity contribution in [3.8, 4) is 0 Å². The van der Waals surface area contributed by atoms with Gasteiger partial charge in [0.15, 0.2) is 8.32 Å². The molecule has 1 heterocycles. The van der Waals surface area contributed by atoms with Gasteiger partial charge in [0, 0.05) is 6.04 Å². The van der Waals surface area contributed by atoms with E-state index in [9.17, 15) is 0 Å². The second-order valence-corrected chi connectivity index (χ2v) is 12.2. The first-order valence-corrected chi connectivity index (χ1v) is 10.7. The van der Waals surface area contributed by atoms with Crippen LogP contribution in [0.25, 0.3) is 0 Å². The average molecular weight is 292 g/mol. The third-order valence-corrected chi connectivity index (χ3v) is 9.28.